The second-order valence-electron chi connectivity index (χ2n) is 4.17. The molecular weight excluding hydrogens is 220 g/mol. The number of hydrogen-bond donors (Lipinski definition) is 1. The fraction of sp³-hybridized carbons (Fsp3) is 0.385. The Bertz CT molecular complexity index is 403. The minimum Gasteiger partial charge on any atom is -0.493 e. The van der Waals surface area contributed by atoms with Gasteiger partial charge in [0, 0.05) is 5.56 Å². The summed E-state index contributed by atoms with van der Waals surface area (Å²) in [6, 6.07) is 9.69. The first kappa shape index (κ1) is 10.8. The Hall–Kier alpha value is -1.36. The molecular formula is C13H14O4. The molecule has 1 N–H and O–H groups in total. The van der Waals surface area contributed by atoms with Gasteiger partial charge in [-0.15, -0.1) is 0 Å². The molecule has 0 radical (unpaired) electrons. The van der Waals surface area contributed by atoms with Crippen LogP contribution in [0.15, 0.2) is 42.7 Å². The number of aliphatic hydroxyl groups excluding tert-OH is 1. The van der Waals surface area contributed by atoms with Crippen LogP contribution in [-0.2, 0) is 14.2 Å². The van der Waals surface area contributed by atoms with E-state index in [9.17, 15) is 5.11 Å². The van der Waals surface area contributed by atoms with Crippen LogP contribution < -0.4 is 0 Å². The van der Waals surface area contributed by atoms with Crippen LogP contribution in [0.2, 0.25) is 0 Å². The molecule has 0 saturated carbocycles. The Morgan fingerprint density at radius 1 is 1.18 bits per heavy atom. The fourth-order valence-corrected chi connectivity index (χ4v) is 2.09. The highest BCUT2D eigenvalue weighted by molar-refractivity contribution is 5.16. The maximum Gasteiger partial charge on any atom is 0.184 e. The molecule has 2 aliphatic heterocycles. The van der Waals surface area contributed by atoms with E-state index in [1.165, 1.54) is 6.26 Å². The molecule has 0 spiro atoms. The third-order valence-electron chi connectivity index (χ3n) is 3.00. The van der Waals surface area contributed by atoms with Crippen molar-refractivity contribution in [3.05, 3.63) is 48.2 Å². The molecule has 1 fully saturated rings. The van der Waals surface area contributed by atoms with Crippen LogP contribution in [-0.4, -0.2) is 30.0 Å². The third kappa shape index (κ3) is 2.07. The largest absolute Gasteiger partial charge is 0.493 e. The molecule has 2 aliphatic rings. The molecule has 90 valence electrons. The number of aliphatic hydroxyl groups is 1. The first-order valence-electron chi connectivity index (χ1n) is 5.67. The van der Waals surface area contributed by atoms with Crippen LogP contribution in [0.1, 0.15) is 11.9 Å². The maximum atomic E-state index is 9.82. The fourth-order valence-electron chi connectivity index (χ4n) is 2.09. The third-order valence-corrected chi connectivity index (χ3v) is 3.00. The molecule has 0 aliphatic carbocycles. The zero-order valence-corrected chi connectivity index (χ0v) is 9.23. The molecule has 4 atom stereocenters. The molecule has 1 saturated heterocycles. The summed E-state index contributed by atoms with van der Waals surface area (Å²) in [4.78, 5) is 0. The summed E-state index contributed by atoms with van der Waals surface area (Å²) in [7, 11) is 0. The topological polar surface area (TPSA) is 47.9 Å². The van der Waals surface area contributed by atoms with E-state index in [0.717, 1.165) is 5.56 Å². The van der Waals surface area contributed by atoms with Gasteiger partial charge >= 0.3 is 0 Å². The van der Waals surface area contributed by atoms with Gasteiger partial charge in [-0.2, -0.15) is 0 Å². The lowest BCUT2D eigenvalue weighted by Crippen LogP contribution is -2.49. The van der Waals surface area contributed by atoms with Crippen molar-refractivity contribution in [3.63, 3.8) is 0 Å². The van der Waals surface area contributed by atoms with Crippen molar-refractivity contribution in [1.29, 1.82) is 0 Å². The van der Waals surface area contributed by atoms with Gasteiger partial charge < -0.3 is 19.3 Å². The molecule has 2 heterocycles. The summed E-state index contributed by atoms with van der Waals surface area (Å²) >= 11 is 0. The molecule has 4 heteroatoms. The summed E-state index contributed by atoms with van der Waals surface area (Å²) in [6.45, 7) is 0.422. The highest BCUT2D eigenvalue weighted by atomic mass is 16.7. The molecule has 1 aromatic carbocycles. The Balaban J connectivity index is 1.77. The van der Waals surface area contributed by atoms with E-state index in [-0.39, 0.29) is 12.2 Å². The van der Waals surface area contributed by atoms with Gasteiger partial charge in [0.15, 0.2) is 12.4 Å². The molecule has 0 bridgehead atoms. The normalized spacial score (nSPS) is 36.1. The van der Waals surface area contributed by atoms with Gasteiger partial charge in [-0.1, -0.05) is 30.3 Å². The van der Waals surface area contributed by atoms with Crippen molar-refractivity contribution >= 4 is 0 Å². The van der Waals surface area contributed by atoms with E-state index in [4.69, 9.17) is 14.2 Å². The van der Waals surface area contributed by atoms with Crippen LogP contribution in [0.4, 0.5) is 0 Å². The van der Waals surface area contributed by atoms with Crippen molar-refractivity contribution in [2.75, 3.05) is 6.61 Å². The van der Waals surface area contributed by atoms with Crippen LogP contribution in [0.3, 0.4) is 0 Å². The first-order chi connectivity index (χ1) is 8.34. The molecule has 3 rings (SSSR count). The van der Waals surface area contributed by atoms with Gasteiger partial charge in [0.2, 0.25) is 0 Å². The Morgan fingerprint density at radius 3 is 2.82 bits per heavy atom. The van der Waals surface area contributed by atoms with Crippen molar-refractivity contribution in [1.82, 2.24) is 0 Å². The highest BCUT2D eigenvalue weighted by Gasteiger charge is 2.39. The van der Waals surface area contributed by atoms with Crippen LogP contribution in [0, 0.1) is 0 Å². The lowest BCUT2D eigenvalue weighted by atomic mass is 10.0. The van der Waals surface area contributed by atoms with Crippen LogP contribution >= 0.6 is 0 Å². The summed E-state index contributed by atoms with van der Waals surface area (Å²) in [6.07, 6.45) is 1.44. The van der Waals surface area contributed by atoms with Gasteiger partial charge in [0.25, 0.3) is 0 Å². The van der Waals surface area contributed by atoms with Crippen molar-refractivity contribution in [3.8, 4) is 0 Å². The number of rotatable bonds is 1. The second-order valence-corrected chi connectivity index (χ2v) is 4.17. The molecule has 3 unspecified atom stereocenters. The predicted octanol–water partition coefficient (Wildman–Crippen LogP) is 1.37. The summed E-state index contributed by atoms with van der Waals surface area (Å²) in [5.74, 6) is 0. The van der Waals surface area contributed by atoms with Gasteiger partial charge in [0.05, 0.1) is 12.9 Å². The van der Waals surface area contributed by atoms with E-state index >= 15 is 0 Å². The highest BCUT2D eigenvalue weighted by Crippen LogP contribution is 2.30. The number of benzene rings is 1. The van der Waals surface area contributed by atoms with Gasteiger partial charge in [-0.05, 0) is 6.08 Å². The minimum atomic E-state index is -0.635. The molecule has 1 aromatic rings. The number of hydrogen-bond acceptors (Lipinski definition) is 4. The summed E-state index contributed by atoms with van der Waals surface area (Å²) in [5, 5.41) is 9.82. The van der Waals surface area contributed by atoms with E-state index < -0.39 is 12.4 Å². The Kier molecular flexibility index (Phi) is 2.84. The van der Waals surface area contributed by atoms with Gasteiger partial charge in [-0.3, -0.25) is 0 Å². The van der Waals surface area contributed by atoms with Gasteiger partial charge in [0.1, 0.15) is 12.2 Å². The Labute approximate surface area is 99.4 Å². The monoisotopic (exact) mass is 234 g/mol. The molecule has 0 amide bonds. The van der Waals surface area contributed by atoms with Crippen molar-refractivity contribution in [2.24, 2.45) is 0 Å². The minimum absolute atomic E-state index is 0.227. The average Bonchev–Trinajstić information content (AvgIpc) is 2.40. The maximum absolute atomic E-state index is 9.82. The first-order valence-corrected chi connectivity index (χ1v) is 5.67. The zero-order valence-electron chi connectivity index (χ0n) is 9.23. The van der Waals surface area contributed by atoms with Crippen LogP contribution in [0.25, 0.3) is 0 Å². The summed E-state index contributed by atoms with van der Waals surface area (Å²) < 4.78 is 16.7. The molecule has 17 heavy (non-hydrogen) atoms. The molecule has 0 aromatic heterocycles. The van der Waals surface area contributed by atoms with E-state index in [1.54, 1.807) is 6.08 Å². The number of fused-ring (bicyclic) bond motifs is 1. The lowest BCUT2D eigenvalue weighted by molar-refractivity contribution is -0.276. The van der Waals surface area contributed by atoms with Crippen LogP contribution in [0.5, 0.6) is 0 Å². The second kappa shape index (κ2) is 4.49. The van der Waals surface area contributed by atoms with Crippen molar-refractivity contribution in [2.45, 2.75) is 24.6 Å². The predicted molar refractivity (Wildman–Crippen MR) is 60.0 cm³/mol. The standard InChI is InChI=1S/C13H14O4/c14-10-6-7-15-11-8-16-13(17-12(10)11)9-4-2-1-3-5-9/h1-7,10-14H,8H2/t10?,11?,12-,13?/m1/s1. The quantitative estimate of drug-likeness (QED) is 0.797. The van der Waals surface area contributed by atoms with E-state index in [0.29, 0.717) is 6.61 Å². The molecule has 4 nitrogen and oxygen atoms in total. The zero-order chi connectivity index (χ0) is 11.7. The van der Waals surface area contributed by atoms with Crippen molar-refractivity contribution < 1.29 is 19.3 Å². The summed E-state index contributed by atoms with van der Waals surface area (Å²) in [5.41, 5.74) is 0.952. The Morgan fingerprint density at radius 2 is 2.00 bits per heavy atom. The van der Waals surface area contributed by atoms with Gasteiger partial charge in [-0.25, -0.2) is 0 Å². The van der Waals surface area contributed by atoms with E-state index in [2.05, 4.69) is 0 Å². The average molecular weight is 234 g/mol. The van der Waals surface area contributed by atoms with E-state index in [1.807, 2.05) is 30.3 Å². The SMILES string of the molecule is OC1C=COC2COC(c3ccccc3)O[C@H]12. The number of ether oxygens (including phenoxy) is 3. The smallest absolute Gasteiger partial charge is 0.184 e. The lowest BCUT2D eigenvalue weighted by Gasteiger charge is -2.39.